The molecule has 116 valence electrons. The summed E-state index contributed by atoms with van der Waals surface area (Å²) in [5.74, 6) is 2.02. The summed E-state index contributed by atoms with van der Waals surface area (Å²) in [5, 5.41) is 6.78. The minimum Gasteiger partial charge on any atom is -0.466 e. The predicted octanol–water partition coefficient (Wildman–Crippen LogP) is 4.46. The molecular formula is C17H26N2OS. The first kappa shape index (κ1) is 16.2. The predicted molar refractivity (Wildman–Crippen MR) is 89.2 cm³/mol. The molecule has 0 amide bonds. The first-order valence-electron chi connectivity index (χ1n) is 7.42. The van der Waals surface area contributed by atoms with E-state index in [2.05, 4.69) is 38.4 Å². The Balaban J connectivity index is 2.25. The van der Waals surface area contributed by atoms with Crippen LogP contribution in [0.15, 0.2) is 9.80 Å². The van der Waals surface area contributed by atoms with Crippen LogP contribution in [0.25, 0.3) is 0 Å². The summed E-state index contributed by atoms with van der Waals surface area (Å²) in [6, 6.07) is 0.251. The van der Waals surface area contributed by atoms with Crippen molar-refractivity contribution in [2.24, 2.45) is 0 Å². The Morgan fingerprint density at radius 1 is 1.24 bits per heavy atom. The van der Waals surface area contributed by atoms with Crippen LogP contribution in [0.1, 0.15) is 60.2 Å². The largest absolute Gasteiger partial charge is 0.466 e. The van der Waals surface area contributed by atoms with Gasteiger partial charge in [-0.15, -0.1) is 11.3 Å². The Morgan fingerprint density at radius 2 is 1.90 bits per heavy atom. The van der Waals surface area contributed by atoms with Gasteiger partial charge in [-0.2, -0.15) is 0 Å². The number of nitrogens with zero attached hydrogens (tertiary/aromatic N) is 1. The van der Waals surface area contributed by atoms with Crippen LogP contribution in [0.2, 0.25) is 0 Å². The number of nitrogens with one attached hydrogen (secondary N) is 1. The zero-order valence-corrected chi connectivity index (χ0v) is 14.9. The van der Waals surface area contributed by atoms with E-state index < -0.39 is 0 Å². The fourth-order valence-corrected chi connectivity index (χ4v) is 3.66. The molecule has 2 rings (SSSR count). The molecule has 0 bridgehead atoms. The molecule has 0 aliphatic rings. The normalized spacial score (nSPS) is 13.7. The Labute approximate surface area is 131 Å². The molecule has 0 aliphatic carbocycles. The highest BCUT2D eigenvalue weighted by Gasteiger charge is 2.23. The van der Waals surface area contributed by atoms with Gasteiger partial charge in [0.2, 0.25) is 0 Å². The number of hydrogen-bond donors (Lipinski definition) is 1. The molecule has 0 fully saturated rings. The topological polar surface area (TPSA) is 38.1 Å². The summed E-state index contributed by atoms with van der Waals surface area (Å²) in [4.78, 5) is 4.81. The lowest BCUT2D eigenvalue weighted by Crippen LogP contribution is -2.20. The highest BCUT2D eigenvalue weighted by atomic mass is 32.1. The van der Waals surface area contributed by atoms with Gasteiger partial charge in [-0.1, -0.05) is 20.8 Å². The van der Waals surface area contributed by atoms with E-state index in [0.717, 1.165) is 17.9 Å². The van der Waals surface area contributed by atoms with Crippen LogP contribution < -0.4 is 5.32 Å². The van der Waals surface area contributed by atoms with Crippen molar-refractivity contribution in [2.45, 2.75) is 59.4 Å². The number of hydrogen-bond acceptors (Lipinski definition) is 4. The van der Waals surface area contributed by atoms with E-state index >= 15 is 0 Å². The lowest BCUT2D eigenvalue weighted by atomic mass is 9.93. The zero-order valence-electron chi connectivity index (χ0n) is 14.1. The average molecular weight is 306 g/mol. The molecule has 0 saturated carbocycles. The molecule has 4 heteroatoms. The second-order valence-electron chi connectivity index (χ2n) is 6.67. The summed E-state index contributed by atoms with van der Waals surface area (Å²) in [6.45, 7) is 12.8. The van der Waals surface area contributed by atoms with E-state index in [0.29, 0.717) is 0 Å². The summed E-state index contributed by atoms with van der Waals surface area (Å²) >= 11 is 1.75. The fourth-order valence-electron chi connectivity index (χ4n) is 2.59. The number of furan rings is 1. The van der Waals surface area contributed by atoms with Gasteiger partial charge in [-0.3, -0.25) is 0 Å². The molecule has 1 unspecified atom stereocenters. The van der Waals surface area contributed by atoms with Crippen molar-refractivity contribution in [1.82, 2.24) is 10.3 Å². The van der Waals surface area contributed by atoms with Crippen LogP contribution in [0.4, 0.5) is 0 Å². The molecule has 0 spiro atoms. The van der Waals surface area contributed by atoms with Crippen LogP contribution in [0.5, 0.6) is 0 Å². The quantitative estimate of drug-likeness (QED) is 0.906. The molecule has 0 radical (unpaired) electrons. The molecule has 2 aromatic rings. The van der Waals surface area contributed by atoms with Gasteiger partial charge in [0, 0.05) is 28.8 Å². The lowest BCUT2D eigenvalue weighted by molar-refractivity contribution is 0.489. The molecule has 0 aromatic carbocycles. The molecule has 2 aromatic heterocycles. The minimum absolute atomic E-state index is 0.113. The Kier molecular flexibility index (Phi) is 4.59. The average Bonchev–Trinajstić information content (AvgIpc) is 2.94. The molecule has 0 saturated heterocycles. The minimum atomic E-state index is 0.113. The third-order valence-electron chi connectivity index (χ3n) is 4.01. The van der Waals surface area contributed by atoms with Gasteiger partial charge in [0.15, 0.2) is 0 Å². The fraction of sp³-hybridized carbons (Fsp3) is 0.588. The van der Waals surface area contributed by atoms with E-state index in [4.69, 9.17) is 9.40 Å². The third kappa shape index (κ3) is 3.38. The second kappa shape index (κ2) is 5.93. The molecule has 0 aliphatic heterocycles. The molecule has 1 N–H and O–H groups in total. The summed E-state index contributed by atoms with van der Waals surface area (Å²) in [5.41, 5.74) is 3.82. The lowest BCUT2D eigenvalue weighted by Gasteiger charge is -2.16. The van der Waals surface area contributed by atoms with Crippen LogP contribution in [-0.4, -0.2) is 12.0 Å². The third-order valence-corrected chi connectivity index (χ3v) is 4.88. The standard InChI is InChI=1S/C17H26N2OS/c1-10-11(2)20-12(3)16(10)13(18-7)8-15-19-14(9-21-15)17(4,5)6/h9,13,18H,8H2,1-7H3. The maximum Gasteiger partial charge on any atom is 0.106 e. The van der Waals surface area contributed by atoms with E-state index in [-0.39, 0.29) is 11.5 Å². The zero-order chi connectivity index (χ0) is 15.8. The van der Waals surface area contributed by atoms with Crippen molar-refractivity contribution in [2.75, 3.05) is 7.05 Å². The van der Waals surface area contributed by atoms with Gasteiger partial charge in [0.1, 0.15) is 11.5 Å². The number of aromatic nitrogens is 1. The molecule has 21 heavy (non-hydrogen) atoms. The Hall–Kier alpha value is -1.13. The van der Waals surface area contributed by atoms with Crippen LogP contribution in [0.3, 0.4) is 0 Å². The van der Waals surface area contributed by atoms with Crippen LogP contribution >= 0.6 is 11.3 Å². The highest BCUT2D eigenvalue weighted by molar-refractivity contribution is 7.09. The van der Waals surface area contributed by atoms with Gasteiger partial charge in [-0.25, -0.2) is 4.98 Å². The summed E-state index contributed by atoms with van der Waals surface area (Å²) in [6.07, 6.45) is 0.901. The maximum absolute atomic E-state index is 5.77. The van der Waals surface area contributed by atoms with E-state index in [1.807, 2.05) is 20.9 Å². The van der Waals surface area contributed by atoms with Gasteiger partial charge >= 0.3 is 0 Å². The first-order chi connectivity index (χ1) is 9.74. The number of aryl methyl sites for hydroxylation is 2. The van der Waals surface area contributed by atoms with Crippen molar-refractivity contribution in [3.8, 4) is 0 Å². The Morgan fingerprint density at radius 3 is 2.33 bits per heavy atom. The van der Waals surface area contributed by atoms with E-state index in [1.165, 1.54) is 21.8 Å². The molecule has 2 heterocycles. The van der Waals surface area contributed by atoms with Crippen LogP contribution in [-0.2, 0) is 11.8 Å². The maximum atomic E-state index is 5.77. The van der Waals surface area contributed by atoms with Crippen molar-refractivity contribution in [1.29, 1.82) is 0 Å². The summed E-state index contributed by atoms with van der Waals surface area (Å²) in [7, 11) is 2.00. The monoisotopic (exact) mass is 306 g/mol. The van der Waals surface area contributed by atoms with Crippen molar-refractivity contribution >= 4 is 11.3 Å². The van der Waals surface area contributed by atoms with Gasteiger partial charge in [0.25, 0.3) is 0 Å². The first-order valence-corrected chi connectivity index (χ1v) is 8.30. The van der Waals surface area contributed by atoms with E-state index in [9.17, 15) is 0 Å². The van der Waals surface area contributed by atoms with Gasteiger partial charge in [-0.05, 0) is 33.4 Å². The van der Waals surface area contributed by atoms with Crippen molar-refractivity contribution in [3.05, 3.63) is 38.7 Å². The number of thiazole rings is 1. The highest BCUT2D eigenvalue weighted by Crippen LogP contribution is 2.31. The number of rotatable bonds is 4. The summed E-state index contributed by atoms with van der Waals surface area (Å²) < 4.78 is 5.77. The SMILES string of the molecule is CNC(Cc1nc(C(C)(C)C)cs1)c1c(C)oc(C)c1C. The molecule has 3 nitrogen and oxygen atoms in total. The molecular weight excluding hydrogens is 280 g/mol. The molecule has 1 atom stereocenters. The van der Waals surface area contributed by atoms with Crippen molar-refractivity contribution in [3.63, 3.8) is 0 Å². The van der Waals surface area contributed by atoms with Crippen LogP contribution in [0, 0.1) is 20.8 Å². The Bertz CT molecular complexity index is 619. The number of likely N-dealkylation sites (N-methyl/N-ethyl adjacent to an activating group) is 1. The second-order valence-corrected chi connectivity index (χ2v) is 7.62. The van der Waals surface area contributed by atoms with Crippen molar-refractivity contribution < 1.29 is 4.42 Å². The van der Waals surface area contributed by atoms with E-state index in [1.54, 1.807) is 11.3 Å². The van der Waals surface area contributed by atoms with Gasteiger partial charge in [0.05, 0.1) is 10.7 Å². The smallest absolute Gasteiger partial charge is 0.106 e. The van der Waals surface area contributed by atoms with Gasteiger partial charge < -0.3 is 9.73 Å².